The molecule has 1 amide bonds. The van der Waals surface area contributed by atoms with Crippen molar-refractivity contribution in [3.63, 3.8) is 0 Å². The summed E-state index contributed by atoms with van der Waals surface area (Å²) in [5, 5.41) is 15.1. The molecule has 1 atom stereocenters. The van der Waals surface area contributed by atoms with E-state index in [2.05, 4.69) is 5.32 Å². The zero-order chi connectivity index (χ0) is 19.2. The monoisotopic (exact) mass is 364 g/mol. The summed E-state index contributed by atoms with van der Waals surface area (Å²) in [5.41, 5.74) is 1.81. The molecule has 0 aliphatic carbocycles. The van der Waals surface area contributed by atoms with Crippen molar-refractivity contribution in [3.8, 4) is 5.75 Å². The van der Waals surface area contributed by atoms with Gasteiger partial charge >= 0.3 is 0 Å². The van der Waals surface area contributed by atoms with Crippen molar-refractivity contribution in [2.24, 2.45) is 0 Å². The van der Waals surface area contributed by atoms with Crippen molar-refractivity contribution < 1.29 is 14.6 Å². The first-order valence-corrected chi connectivity index (χ1v) is 8.86. The molecule has 2 N–H and O–H groups in total. The molecule has 0 aliphatic rings. The van der Waals surface area contributed by atoms with E-state index in [1.807, 2.05) is 85.7 Å². The van der Waals surface area contributed by atoms with Gasteiger partial charge in [0.25, 0.3) is 5.91 Å². The van der Waals surface area contributed by atoms with E-state index in [0.717, 1.165) is 22.0 Å². The molecule has 3 rings (SSSR count). The third-order valence-corrected chi connectivity index (χ3v) is 4.38. The van der Waals surface area contributed by atoms with E-state index in [0.29, 0.717) is 5.75 Å². The van der Waals surface area contributed by atoms with Crippen LogP contribution in [0, 0.1) is 0 Å². The summed E-state index contributed by atoms with van der Waals surface area (Å²) in [6.45, 7) is 0.0475. The maximum absolute atomic E-state index is 12.0. The van der Waals surface area contributed by atoms with Gasteiger partial charge in [-0.2, -0.15) is 0 Å². The van der Waals surface area contributed by atoms with Crippen molar-refractivity contribution in [2.75, 3.05) is 32.1 Å². The number of amides is 1. The Bertz CT molecular complexity index is 907. The fraction of sp³-hybridized carbons (Fsp3) is 0.227. The molecule has 0 aliphatic heterocycles. The van der Waals surface area contributed by atoms with Crippen LogP contribution in [0.15, 0.2) is 66.7 Å². The van der Waals surface area contributed by atoms with E-state index in [9.17, 15) is 9.90 Å². The minimum absolute atomic E-state index is 0.0926. The van der Waals surface area contributed by atoms with Gasteiger partial charge < -0.3 is 20.1 Å². The summed E-state index contributed by atoms with van der Waals surface area (Å²) < 4.78 is 5.56. The number of benzene rings is 3. The number of carbonyl (C=O) groups excluding carboxylic acids is 1. The van der Waals surface area contributed by atoms with Gasteiger partial charge in [-0.15, -0.1) is 0 Å². The number of anilines is 1. The maximum atomic E-state index is 12.0. The molecule has 0 fully saturated rings. The highest BCUT2D eigenvalue weighted by Gasteiger charge is 2.10. The summed E-state index contributed by atoms with van der Waals surface area (Å²) in [4.78, 5) is 14.0. The molecule has 3 aromatic rings. The van der Waals surface area contributed by atoms with E-state index in [1.54, 1.807) is 0 Å². The van der Waals surface area contributed by atoms with Gasteiger partial charge in [0.15, 0.2) is 6.61 Å². The van der Waals surface area contributed by atoms with Crippen LogP contribution in [-0.4, -0.2) is 38.3 Å². The number of ether oxygens (including phenoxy) is 1. The average molecular weight is 364 g/mol. The van der Waals surface area contributed by atoms with E-state index in [1.165, 1.54) is 0 Å². The largest absolute Gasteiger partial charge is 0.484 e. The Labute approximate surface area is 159 Å². The zero-order valence-electron chi connectivity index (χ0n) is 15.6. The second kappa shape index (κ2) is 8.56. The topological polar surface area (TPSA) is 61.8 Å². The molecule has 0 spiro atoms. The second-order valence-corrected chi connectivity index (χ2v) is 6.60. The van der Waals surface area contributed by atoms with E-state index in [4.69, 9.17) is 4.74 Å². The van der Waals surface area contributed by atoms with Crippen molar-refractivity contribution in [1.29, 1.82) is 0 Å². The third kappa shape index (κ3) is 4.99. The van der Waals surface area contributed by atoms with Crippen molar-refractivity contribution in [2.45, 2.75) is 6.10 Å². The first-order chi connectivity index (χ1) is 13.0. The number of rotatable bonds is 7. The number of carbonyl (C=O) groups is 1. The molecule has 0 aromatic heterocycles. The lowest BCUT2D eigenvalue weighted by molar-refractivity contribution is -0.123. The first kappa shape index (κ1) is 18.7. The van der Waals surface area contributed by atoms with E-state index < -0.39 is 6.10 Å². The molecule has 0 radical (unpaired) electrons. The number of nitrogens with one attached hydrogen (secondary N) is 1. The molecule has 0 saturated heterocycles. The van der Waals surface area contributed by atoms with Crippen molar-refractivity contribution in [3.05, 3.63) is 72.3 Å². The summed E-state index contributed by atoms with van der Waals surface area (Å²) in [5.74, 6) is 0.371. The molecule has 0 bridgehead atoms. The lowest BCUT2D eigenvalue weighted by Crippen LogP contribution is -2.32. The van der Waals surface area contributed by atoms with Crippen LogP contribution in [0.25, 0.3) is 10.8 Å². The minimum Gasteiger partial charge on any atom is -0.484 e. The number of hydrogen-bond acceptors (Lipinski definition) is 4. The Morgan fingerprint density at radius 2 is 1.74 bits per heavy atom. The van der Waals surface area contributed by atoms with E-state index in [-0.39, 0.29) is 19.1 Å². The summed E-state index contributed by atoms with van der Waals surface area (Å²) in [6.07, 6.45) is -0.758. The Morgan fingerprint density at radius 1 is 1.04 bits per heavy atom. The molecule has 27 heavy (non-hydrogen) atoms. The molecule has 0 heterocycles. The van der Waals surface area contributed by atoms with Crippen LogP contribution in [0.2, 0.25) is 0 Å². The number of fused-ring (bicyclic) bond motifs is 1. The van der Waals surface area contributed by atoms with Crippen LogP contribution in [0.5, 0.6) is 5.75 Å². The predicted molar refractivity (Wildman–Crippen MR) is 108 cm³/mol. The minimum atomic E-state index is -0.758. The van der Waals surface area contributed by atoms with Crippen LogP contribution in [-0.2, 0) is 4.79 Å². The maximum Gasteiger partial charge on any atom is 0.258 e. The third-order valence-electron chi connectivity index (χ3n) is 4.38. The van der Waals surface area contributed by atoms with Gasteiger partial charge in [0, 0.05) is 26.3 Å². The van der Waals surface area contributed by atoms with Crippen LogP contribution < -0.4 is 15.0 Å². The van der Waals surface area contributed by atoms with Gasteiger partial charge in [0.2, 0.25) is 0 Å². The molecular formula is C22H24N2O3. The van der Waals surface area contributed by atoms with Gasteiger partial charge in [-0.05, 0) is 40.6 Å². The Balaban J connectivity index is 1.48. The smallest absolute Gasteiger partial charge is 0.258 e. The van der Waals surface area contributed by atoms with Gasteiger partial charge in [-0.3, -0.25) is 4.79 Å². The Hall–Kier alpha value is -3.05. The van der Waals surface area contributed by atoms with E-state index >= 15 is 0 Å². The van der Waals surface area contributed by atoms with Crippen LogP contribution in [0.3, 0.4) is 0 Å². The standard InChI is InChI=1S/C22H24N2O3/c1-24(2)19-10-7-17(8-11-19)21(25)14-23-22(26)15-27-20-12-9-16-5-3-4-6-18(16)13-20/h3-13,21,25H,14-15H2,1-2H3,(H,23,26). The summed E-state index contributed by atoms with van der Waals surface area (Å²) >= 11 is 0. The molecule has 1 unspecified atom stereocenters. The number of aliphatic hydroxyl groups excluding tert-OH is 1. The highest BCUT2D eigenvalue weighted by molar-refractivity contribution is 5.84. The fourth-order valence-electron chi connectivity index (χ4n) is 2.78. The fourth-order valence-corrected chi connectivity index (χ4v) is 2.78. The van der Waals surface area contributed by atoms with Gasteiger partial charge in [0.1, 0.15) is 5.75 Å². The van der Waals surface area contributed by atoms with Gasteiger partial charge in [-0.1, -0.05) is 42.5 Å². The number of nitrogens with zero attached hydrogens (tertiary/aromatic N) is 1. The lowest BCUT2D eigenvalue weighted by atomic mass is 10.1. The summed E-state index contributed by atoms with van der Waals surface area (Å²) in [7, 11) is 3.92. The SMILES string of the molecule is CN(C)c1ccc(C(O)CNC(=O)COc2ccc3ccccc3c2)cc1. The Morgan fingerprint density at radius 3 is 2.44 bits per heavy atom. The number of hydrogen-bond donors (Lipinski definition) is 2. The molecule has 5 heteroatoms. The lowest BCUT2D eigenvalue weighted by Gasteiger charge is -2.16. The highest BCUT2D eigenvalue weighted by atomic mass is 16.5. The molecule has 0 saturated carbocycles. The quantitative estimate of drug-likeness (QED) is 0.676. The van der Waals surface area contributed by atoms with Gasteiger partial charge in [-0.25, -0.2) is 0 Å². The van der Waals surface area contributed by atoms with Crippen molar-refractivity contribution >= 4 is 22.4 Å². The van der Waals surface area contributed by atoms with Crippen LogP contribution >= 0.6 is 0 Å². The molecular weight excluding hydrogens is 340 g/mol. The predicted octanol–water partition coefficient (Wildman–Crippen LogP) is 3.13. The highest BCUT2D eigenvalue weighted by Crippen LogP contribution is 2.20. The number of aliphatic hydroxyl groups is 1. The summed E-state index contributed by atoms with van der Waals surface area (Å²) in [6, 6.07) is 21.3. The molecule has 3 aromatic carbocycles. The van der Waals surface area contributed by atoms with Crippen LogP contribution in [0.4, 0.5) is 5.69 Å². The first-order valence-electron chi connectivity index (χ1n) is 8.86. The van der Waals surface area contributed by atoms with Crippen LogP contribution in [0.1, 0.15) is 11.7 Å². The Kier molecular flexibility index (Phi) is 5.94. The average Bonchev–Trinajstić information content (AvgIpc) is 2.70. The normalized spacial score (nSPS) is 11.8. The zero-order valence-corrected chi connectivity index (χ0v) is 15.6. The molecule has 5 nitrogen and oxygen atoms in total. The second-order valence-electron chi connectivity index (χ2n) is 6.60. The molecule has 140 valence electrons. The van der Waals surface area contributed by atoms with Gasteiger partial charge in [0.05, 0.1) is 6.10 Å². The van der Waals surface area contributed by atoms with Crippen molar-refractivity contribution in [1.82, 2.24) is 5.32 Å².